The SMILES string of the molecule is CCC(C)c1csc(-c2ccncc2C)n1. The summed E-state index contributed by atoms with van der Waals surface area (Å²) in [6.07, 6.45) is 4.85. The van der Waals surface area contributed by atoms with Gasteiger partial charge in [-0.3, -0.25) is 4.98 Å². The van der Waals surface area contributed by atoms with Crippen LogP contribution in [-0.4, -0.2) is 9.97 Å². The third-order valence-electron chi connectivity index (χ3n) is 2.89. The third-order valence-corrected chi connectivity index (χ3v) is 3.78. The number of nitrogens with zero attached hydrogens (tertiary/aromatic N) is 2. The van der Waals surface area contributed by atoms with Crippen molar-refractivity contribution >= 4 is 11.3 Å². The zero-order chi connectivity index (χ0) is 11.5. The molecule has 1 unspecified atom stereocenters. The highest BCUT2D eigenvalue weighted by Crippen LogP contribution is 2.29. The van der Waals surface area contributed by atoms with Crippen molar-refractivity contribution < 1.29 is 0 Å². The summed E-state index contributed by atoms with van der Waals surface area (Å²) in [5, 5.41) is 3.28. The van der Waals surface area contributed by atoms with Gasteiger partial charge in [0.1, 0.15) is 5.01 Å². The van der Waals surface area contributed by atoms with E-state index in [1.165, 1.54) is 16.8 Å². The van der Waals surface area contributed by atoms with Crippen molar-refractivity contribution in [1.82, 2.24) is 9.97 Å². The summed E-state index contributed by atoms with van der Waals surface area (Å²) >= 11 is 1.72. The van der Waals surface area contributed by atoms with Crippen molar-refractivity contribution in [2.24, 2.45) is 0 Å². The molecule has 0 saturated heterocycles. The molecule has 0 aliphatic rings. The predicted octanol–water partition coefficient (Wildman–Crippen LogP) is 4.03. The molecule has 0 spiro atoms. The summed E-state index contributed by atoms with van der Waals surface area (Å²) in [5.41, 5.74) is 3.60. The first kappa shape index (κ1) is 11.3. The maximum absolute atomic E-state index is 4.70. The van der Waals surface area contributed by atoms with Crippen molar-refractivity contribution in [3.05, 3.63) is 35.1 Å². The van der Waals surface area contributed by atoms with E-state index in [2.05, 4.69) is 31.1 Å². The van der Waals surface area contributed by atoms with Gasteiger partial charge in [0.05, 0.1) is 5.69 Å². The first-order valence-electron chi connectivity index (χ1n) is 5.58. The van der Waals surface area contributed by atoms with Crippen LogP contribution >= 0.6 is 11.3 Å². The van der Waals surface area contributed by atoms with E-state index in [1.807, 2.05) is 18.5 Å². The fourth-order valence-electron chi connectivity index (χ4n) is 1.56. The molecule has 2 aromatic rings. The van der Waals surface area contributed by atoms with E-state index in [-0.39, 0.29) is 0 Å². The second-order valence-corrected chi connectivity index (χ2v) is 4.94. The Hall–Kier alpha value is -1.22. The maximum Gasteiger partial charge on any atom is 0.123 e. The number of rotatable bonds is 3. The molecule has 16 heavy (non-hydrogen) atoms. The van der Waals surface area contributed by atoms with E-state index in [9.17, 15) is 0 Å². The average Bonchev–Trinajstić information content (AvgIpc) is 2.78. The molecule has 84 valence electrons. The van der Waals surface area contributed by atoms with Gasteiger partial charge >= 0.3 is 0 Å². The minimum absolute atomic E-state index is 0.548. The second kappa shape index (κ2) is 4.74. The van der Waals surface area contributed by atoms with E-state index in [1.54, 1.807) is 11.3 Å². The monoisotopic (exact) mass is 232 g/mol. The number of aryl methyl sites for hydroxylation is 1. The van der Waals surface area contributed by atoms with E-state index in [0.29, 0.717) is 5.92 Å². The van der Waals surface area contributed by atoms with E-state index in [0.717, 1.165) is 11.4 Å². The Kier molecular flexibility index (Phi) is 3.34. The van der Waals surface area contributed by atoms with Gasteiger partial charge in [-0.15, -0.1) is 11.3 Å². The predicted molar refractivity (Wildman–Crippen MR) is 68.8 cm³/mol. The van der Waals surface area contributed by atoms with Gasteiger partial charge < -0.3 is 0 Å². The number of hydrogen-bond acceptors (Lipinski definition) is 3. The maximum atomic E-state index is 4.70. The third kappa shape index (κ3) is 2.14. The Balaban J connectivity index is 2.35. The van der Waals surface area contributed by atoms with Gasteiger partial charge in [0.15, 0.2) is 0 Å². The summed E-state index contributed by atoms with van der Waals surface area (Å²) < 4.78 is 0. The standard InChI is InChI=1S/C13H16N2S/c1-4-9(2)12-8-16-13(15-12)11-5-6-14-7-10(11)3/h5-9H,4H2,1-3H3. The molecule has 2 nitrogen and oxygen atoms in total. The second-order valence-electron chi connectivity index (χ2n) is 4.08. The number of hydrogen-bond donors (Lipinski definition) is 0. The normalized spacial score (nSPS) is 12.7. The Morgan fingerprint density at radius 1 is 1.44 bits per heavy atom. The van der Waals surface area contributed by atoms with Crippen molar-refractivity contribution in [2.75, 3.05) is 0 Å². The van der Waals surface area contributed by atoms with Crippen molar-refractivity contribution in [3.63, 3.8) is 0 Å². The van der Waals surface area contributed by atoms with Gasteiger partial charge in [0.25, 0.3) is 0 Å². The molecule has 0 aromatic carbocycles. The quantitative estimate of drug-likeness (QED) is 0.798. The summed E-state index contributed by atoms with van der Waals surface area (Å²) in [5.74, 6) is 0.548. The van der Waals surface area contributed by atoms with Crippen LogP contribution in [0.25, 0.3) is 10.6 Å². The smallest absolute Gasteiger partial charge is 0.123 e. The van der Waals surface area contributed by atoms with Gasteiger partial charge in [-0.05, 0) is 30.9 Å². The van der Waals surface area contributed by atoms with Crippen LogP contribution in [-0.2, 0) is 0 Å². The van der Waals surface area contributed by atoms with Crippen LogP contribution in [0.5, 0.6) is 0 Å². The minimum Gasteiger partial charge on any atom is -0.264 e. The van der Waals surface area contributed by atoms with Crippen LogP contribution in [0.3, 0.4) is 0 Å². The fourth-order valence-corrected chi connectivity index (χ4v) is 2.59. The zero-order valence-electron chi connectivity index (χ0n) is 9.90. The highest BCUT2D eigenvalue weighted by Gasteiger charge is 2.10. The van der Waals surface area contributed by atoms with Gasteiger partial charge in [-0.25, -0.2) is 4.98 Å². The molecule has 0 fully saturated rings. The summed E-state index contributed by atoms with van der Waals surface area (Å²) in [6, 6.07) is 2.04. The lowest BCUT2D eigenvalue weighted by molar-refractivity contribution is 0.714. The Morgan fingerprint density at radius 3 is 2.94 bits per heavy atom. The van der Waals surface area contributed by atoms with E-state index < -0.39 is 0 Å². The molecule has 2 heterocycles. The first-order chi connectivity index (χ1) is 7.72. The molecule has 3 heteroatoms. The van der Waals surface area contributed by atoms with Gasteiger partial charge in [-0.2, -0.15) is 0 Å². The summed E-state index contributed by atoms with van der Waals surface area (Å²) in [6.45, 7) is 6.49. The topological polar surface area (TPSA) is 25.8 Å². The van der Waals surface area contributed by atoms with Crippen LogP contribution in [0.15, 0.2) is 23.8 Å². The molecule has 0 bridgehead atoms. The van der Waals surface area contributed by atoms with Crippen LogP contribution in [0, 0.1) is 6.92 Å². The molecule has 1 atom stereocenters. The molecular formula is C13H16N2S. The minimum atomic E-state index is 0.548. The van der Waals surface area contributed by atoms with Gasteiger partial charge in [0.2, 0.25) is 0 Å². The molecule has 0 N–H and O–H groups in total. The Labute approximate surface area is 100 Å². The molecule has 0 radical (unpaired) electrons. The first-order valence-corrected chi connectivity index (χ1v) is 6.46. The van der Waals surface area contributed by atoms with Crippen molar-refractivity contribution in [2.45, 2.75) is 33.1 Å². The lowest BCUT2D eigenvalue weighted by atomic mass is 10.1. The Morgan fingerprint density at radius 2 is 2.25 bits per heavy atom. The molecule has 0 aliphatic carbocycles. The van der Waals surface area contributed by atoms with Crippen LogP contribution in [0.1, 0.15) is 37.4 Å². The molecule has 0 amide bonds. The molecule has 0 saturated carbocycles. The molecular weight excluding hydrogens is 216 g/mol. The van der Waals surface area contributed by atoms with Crippen molar-refractivity contribution in [1.29, 1.82) is 0 Å². The highest BCUT2D eigenvalue weighted by atomic mass is 32.1. The average molecular weight is 232 g/mol. The highest BCUT2D eigenvalue weighted by molar-refractivity contribution is 7.13. The zero-order valence-corrected chi connectivity index (χ0v) is 10.7. The van der Waals surface area contributed by atoms with Gasteiger partial charge in [0, 0.05) is 23.3 Å². The van der Waals surface area contributed by atoms with E-state index in [4.69, 9.17) is 4.98 Å². The molecule has 0 aliphatic heterocycles. The largest absolute Gasteiger partial charge is 0.264 e. The molecule has 2 aromatic heterocycles. The van der Waals surface area contributed by atoms with Crippen molar-refractivity contribution in [3.8, 4) is 10.6 Å². The number of aromatic nitrogens is 2. The Bertz CT molecular complexity index is 476. The number of thiazole rings is 1. The fraction of sp³-hybridized carbons (Fsp3) is 0.385. The summed E-state index contributed by atoms with van der Waals surface area (Å²) in [7, 11) is 0. The lowest BCUT2D eigenvalue weighted by Crippen LogP contribution is -1.91. The molecule has 2 rings (SSSR count). The van der Waals surface area contributed by atoms with Crippen LogP contribution < -0.4 is 0 Å². The summed E-state index contributed by atoms with van der Waals surface area (Å²) in [4.78, 5) is 8.81. The van der Waals surface area contributed by atoms with Crippen LogP contribution in [0.4, 0.5) is 0 Å². The van der Waals surface area contributed by atoms with Gasteiger partial charge in [-0.1, -0.05) is 13.8 Å². The van der Waals surface area contributed by atoms with Crippen LogP contribution in [0.2, 0.25) is 0 Å². The lowest BCUT2D eigenvalue weighted by Gasteiger charge is -2.03. The van der Waals surface area contributed by atoms with E-state index >= 15 is 0 Å². The number of pyridine rings is 1.